The summed E-state index contributed by atoms with van der Waals surface area (Å²) < 4.78 is 29.8. The third-order valence-corrected chi connectivity index (χ3v) is 2.38. The second-order valence-corrected chi connectivity index (χ2v) is 3.35. The minimum absolute atomic E-state index is 0.0522. The first-order valence-electron chi connectivity index (χ1n) is 3.26. The summed E-state index contributed by atoms with van der Waals surface area (Å²) in [6.45, 7) is 0. The average Bonchev–Trinajstić information content (AvgIpc) is 2.03. The van der Waals surface area contributed by atoms with Gasteiger partial charge in [-0.05, 0) is 40.8 Å². The van der Waals surface area contributed by atoms with E-state index in [1.54, 1.807) is 6.07 Å². The van der Waals surface area contributed by atoms with Crippen molar-refractivity contribution in [1.82, 2.24) is 0 Å². The number of hydrogen-bond donors (Lipinski definition) is 0. The molecule has 0 N–H and O–H groups in total. The molecule has 0 atom stereocenters. The van der Waals surface area contributed by atoms with Crippen molar-refractivity contribution in [2.75, 3.05) is 7.11 Å². The van der Waals surface area contributed by atoms with Crippen LogP contribution in [0, 0.1) is 3.57 Å². The minimum Gasteiger partial charge on any atom is -0.497 e. The van der Waals surface area contributed by atoms with Crippen LogP contribution in [0.2, 0.25) is 0 Å². The van der Waals surface area contributed by atoms with Gasteiger partial charge in [-0.2, -0.15) is 0 Å². The lowest BCUT2D eigenvalue weighted by Gasteiger charge is -2.04. The van der Waals surface area contributed by atoms with Gasteiger partial charge in [0.15, 0.2) is 0 Å². The average molecular weight is 284 g/mol. The lowest BCUT2D eigenvalue weighted by molar-refractivity contribution is 0.150. The zero-order chi connectivity index (χ0) is 9.14. The fourth-order valence-electron chi connectivity index (χ4n) is 0.812. The first kappa shape index (κ1) is 9.70. The molecule has 0 radical (unpaired) electrons. The molecular formula is C8H7F2IO. The van der Waals surface area contributed by atoms with Gasteiger partial charge in [-0.3, -0.25) is 0 Å². The van der Waals surface area contributed by atoms with Gasteiger partial charge in [-0.15, -0.1) is 0 Å². The van der Waals surface area contributed by atoms with E-state index < -0.39 is 6.43 Å². The van der Waals surface area contributed by atoms with Crippen molar-refractivity contribution in [3.8, 4) is 5.75 Å². The van der Waals surface area contributed by atoms with Gasteiger partial charge in [-0.1, -0.05) is 0 Å². The van der Waals surface area contributed by atoms with E-state index in [1.165, 1.54) is 19.2 Å². The second kappa shape index (κ2) is 4.02. The summed E-state index contributed by atoms with van der Waals surface area (Å²) in [6, 6.07) is 4.50. The maximum absolute atomic E-state index is 12.2. The number of ether oxygens (including phenoxy) is 1. The van der Waals surface area contributed by atoms with Gasteiger partial charge in [0.1, 0.15) is 5.75 Å². The Morgan fingerprint density at radius 3 is 2.50 bits per heavy atom. The first-order valence-corrected chi connectivity index (χ1v) is 4.34. The van der Waals surface area contributed by atoms with Gasteiger partial charge in [0.05, 0.1) is 7.11 Å². The maximum atomic E-state index is 12.2. The zero-order valence-corrected chi connectivity index (χ0v) is 8.51. The van der Waals surface area contributed by atoms with Gasteiger partial charge in [0, 0.05) is 9.13 Å². The molecule has 0 spiro atoms. The Hall–Kier alpha value is -0.390. The van der Waals surface area contributed by atoms with Crippen LogP contribution in [0.15, 0.2) is 18.2 Å². The summed E-state index contributed by atoms with van der Waals surface area (Å²) in [4.78, 5) is 0. The molecule has 0 unspecified atom stereocenters. The molecule has 1 aromatic rings. The van der Waals surface area contributed by atoms with Crippen LogP contribution in [0.4, 0.5) is 8.78 Å². The summed E-state index contributed by atoms with van der Waals surface area (Å²) in [6.07, 6.45) is -2.41. The van der Waals surface area contributed by atoms with E-state index in [-0.39, 0.29) is 5.56 Å². The lowest BCUT2D eigenvalue weighted by Crippen LogP contribution is -1.90. The number of hydrogen-bond acceptors (Lipinski definition) is 1. The molecule has 0 fully saturated rings. The predicted octanol–water partition coefficient (Wildman–Crippen LogP) is 3.24. The maximum Gasteiger partial charge on any atom is 0.264 e. The summed E-state index contributed by atoms with van der Waals surface area (Å²) in [5.41, 5.74) is 0.0522. The third kappa shape index (κ3) is 2.06. The Balaban J connectivity index is 3.03. The van der Waals surface area contributed by atoms with Crippen molar-refractivity contribution >= 4 is 22.6 Å². The molecule has 0 saturated heterocycles. The molecule has 0 heterocycles. The molecule has 0 saturated carbocycles. The Morgan fingerprint density at radius 2 is 2.08 bits per heavy atom. The normalized spacial score (nSPS) is 10.4. The standard InChI is InChI=1S/C8H7F2IO/c1-12-5-2-3-6(8(9)10)7(11)4-5/h2-4,8H,1H3. The minimum atomic E-state index is -2.41. The largest absolute Gasteiger partial charge is 0.497 e. The van der Waals surface area contributed by atoms with E-state index in [0.717, 1.165) is 0 Å². The quantitative estimate of drug-likeness (QED) is 0.757. The number of alkyl halides is 2. The van der Waals surface area contributed by atoms with Crippen molar-refractivity contribution in [1.29, 1.82) is 0 Å². The van der Waals surface area contributed by atoms with Crippen molar-refractivity contribution in [3.63, 3.8) is 0 Å². The van der Waals surface area contributed by atoms with E-state index in [9.17, 15) is 8.78 Å². The van der Waals surface area contributed by atoms with Crippen molar-refractivity contribution in [2.24, 2.45) is 0 Å². The third-order valence-electron chi connectivity index (χ3n) is 1.44. The fraction of sp³-hybridized carbons (Fsp3) is 0.250. The first-order chi connectivity index (χ1) is 5.65. The Labute approximate surface area is 82.9 Å². The number of benzene rings is 1. The van der Waals surface area contributed by atoms with Crippen LogP contribution < -0.4 is 4.74 Å². The van der Waals surface area contributed by atoms with Crippen LogP contribution in [-0.4, -0.2) is 7.11 Å². The lowest BCUT2D eigenvalue weighted by atomic mass is 10.2. The molecular weight excluding hydrogens is 277 g/mol. The van der Waals surface area contributed by atoms with Gasteiger partial charge in [-0.25, -0.2) is 8.78 Å². The van der Waals surface area contributed by atoms with E-state index >= 15 is 0 Å². The highest BCUT2D eigenvalue weighted by Crippen LogP contribution is 2.27. The molecule has 4 heteroatoms. The van der Waals surface area contributed by atoms with Crippen LogP contribution in [0.3, 0.4) is 0 Å². The Kier molecular flexibility index (Phi) is 3.25. The van der Waals surface area contributed by atoms with Crippen molar-refractivity contribution in [2.45, 2.75) is 6.43 Å². The van der Waals surface area contributed by atoms with E-state index in [4.69, 9.17) is 4.74 Å². The van der Waals surface area contributed by atoms with Gasteiger partial charge in [0.25, 0.3) is 6.43 Å². The predicted molar refractivity (Wildman–Crippen MR) is 50.7 cm³/mol. The highest BCUT2D eigenvalue weighted by molar-refractivity contribution is 14.1. The SMILES string of the molecule is COc1ccc(C(F)F)c(I)c1. The van der Waals surface area contributed by atoms with Gasteiger partial charge < -0.3 is 4.74 Å². The Morgan fingerprint density at radius 1 is 1.42 bits per heavy atom. The molecule has 66 valence electrons. The van der Waals surface area contributed by atoms with E-state index in [0.29, 0.717) is 9.32 Å². The highest BCUT2D eigenvalue weighted by Gasteiger charge is 2.11. The van der Waals surface area contributed by atoms with Gasteiger partial charge in [0.2, 0.25) is 0 Å². The topological polar surface area (TPSA) is 9.23 Å². The molecule has 0 amide bonds. The number of halogens is 3. The molecule has 12 heavy (non-hydrogen) atoms. The number of methoxy groups -OCH3 is 1. The van der Waals surface area contributed by atoms with E-state index in [2.05, 4.69) is 0 Å². The second-order valence-electron chi connectivity index (χ2n) is 2.19. The summed E-state index contributed by atoms with van der Waals surface area (Å²) in [5, 5.41) is 0. The number of rotatable bonds is 2. The summed E-state index contributed by atoms with van der Waals surface area (Å²) in [7, 11) is 1.51. The Bertz CT molecular complexity index is 276. The van der Waals surface area contributed by atoms with Crippen LogP contribution >= 0.6 is 22.6 Å². The molecule has 1 nitrogen and oxygen atoms in total. The molecule has 0 aliphatic rings. The van der Waals surface area contributed by atoms with Crippen molar-refractivity contribution in [3.05, 3.63) is 27.3 Å². The summed E-state index contributed by atoms with van der Waals surface area (Å²) >= 11 is 1.86. The molecule has 0 aromatic heterocycles. The summed E-state index contributed by atoms with van der Waals surface area (Å²) in [5.74, 6) is 0.601. The molecule has 0 aliphatic heterocycles. The molecule has 0 bridgehead atoms. The van der Waals surface area contributed by atoms with Crippen LogP contribution in [-0.2, 0) is 0 Å². The highest BCUT2D eigenvalue weighted by atomic mass is 127. The molecule has 1 rings (SSSR count). The molecule has 1 aromatic carbocycles. The van der Waals surface area contributed by atoms with Gasteiger partial charge >= 0.3 is 0 Å². The smallest absolute Gasteiger partial charge is 0.264 e. The van der Waals surface area contributed by atoms with Crippen LogP contribution in [0.1, 0.15) is 12.0 Å². The van der Waals surface area contributed by atoms with Crippen molar-refractivity contribution < 1.29 is 13.5 Å². The van der Waals surface area contributed by atoms with E-state index in [1.807, 2.05) is 22.6 Å². The molecule has 0 aliphatic carbocycles. The zero-order valence-electron chi connectivity index (χ0n) is 6.35. The monoisotopic (exact) mass is 284 g/mol. The van der Waals surface area contributed by atoms with Crippen LogP contribution in [0.5, 0.6) is 5.75 Å². The fourth-order valence-corrected chi connectivity index (χ4v) is 1.53. The van der Waals surface area contributed by atoms with Crippen LogP contribution in [0.25, 0.3) is 0 Å².